The molecule has 0 fully saturated rings. The topological polar surface area (TPSA) is 90.0 Å². The molecule has 0 aliphatic heterocycles. The van der Waals surface area contributed by atoms with E-state index in [1.807, 2.05) is 32.9 Å². The van der Waals surface area contributed by atoms with Gasteiger partial charge in [0.1, 0.15) is 12.6 Å². The van der Waals surface area contributed by atoms with Crippen molar-refractivity contribution in [3.63, 3.8) is 0 Å². The number of carbonyl (C=O) groups excluding carboxylic acids is 2. The van der Waals surface area contributed by atoms with Crippen LogP contribution in [0.2, 0.25) is 10.0 Å². The zero-order chi connectivity index (χ0) is 27.9. The van der Waals surface area contributed by atoms with Crippen LogP contribution in [0.25, 0.3) is 0 Å². The van der Waals surface area contributed by atoms with Crippen LogP contribution in [0.1, 0.15) is 43.4 Å². The van der Waals surface area contributed by atoms with Gasteiger partial charge in [0, 0.05) is 27.2 Å². The molecule has 2 rings (SSSR count). The molecule has 1 unspecified atom stereocenters. The van der Waals surface area contributed by atoms with Gasteiger partial charge in [0.25, 0.3) is 0 Å². The maximum absolute atomic E-state index is 13.9. The van der Waals surface area contributed by atoms with E-state index >= 15 is 0 Å². The molecule has 0 aliphatic rings. The number of anilines is 1. The summed E-state index contributed by atoms with van der Waals surface area (Å²) in [6.45, 7) is 7.43. The first-order chi connectivity index (χ1) is 17.3. The molecule has 0 spiro atoms. The summed E-state index contributed by atoms with van der Waals surface area (Å²) in [5, 5.41) is 3.55. The number of hydrogen-bond donors (Lipinski definition) is 1. The average molecular weight is 572 g/mol. The molecule has 0 bridgehead atoms. The van der Waals surface area contributed by atoms with Gasteiger partial charge in [0.15, 0.2) is 0 Å². The first kappa shape index (κ1) is 30.9. The van der Waals surface area contributed by atoms with E-state index in [1.165, 1.54) is 19.0 Å². The number of halogens is 2. The van der Waals surface area contributed by atoms with E-state index in [1.54, 1.807) is 31.2 Å². The monoisotopic (exact) mass is 570 g/mol. The van der Waals surface area contributed by atoms with E-state index in [2.05, 4.69) is 5.32 Å². The second kappa shape index (κ2) is 13.5. The van der Waals surface area contributed by atoms with E-state index in [-0.39, 0.29) is 12.5 Å². The van der Waals surface area contributed by atoms with E-state index in [9.17, 15) is 18.0 Å². The SMILES string of the molecule is CCCNC(=O)C(CC)N(Cc1ccc(Cl)c(Cl)c1)C(=O)CN(c1cc(C)ccc1C)S(=O)(=O)N(C)C. The molecule has 0 aliphatic carbocycles. The lowest BCUT2D eigenvalue weighted by atomic mass is 10.1. The van der Waals surface area contributed by atoms with Crippen molar-refractivity contribution in [3.05, 3.63) is 63.1 Å². The van der Waals surface area contributed by atoms with Crippen molar-refractivity contribution in [3.8, 4) is 0 Å². The Bertz CT molecular complexity index is 1220. The Morgan fingerprint density at radius 1 is 1.00 bits per heavy atom. The van der Waals surface area contributed by atoms with Crippen molar-refractivity contribution in [2.24, 2.45) is 0 Å². The molecule has 8 nitrogen and oxygen atoms in total. The fraction of sp³-hybridized carbons (Fsp3) is 0.462. The third-order valence-corrected chi connectivity index (χ3v) is 8.47. The number of nitrogens with zero attached hydrogens (tertiary/aromatic N) is 3. The Hall–Kier alpha value is -2.33. The molecule has 0 saturated carbocycles. The van der Waals surface area contributed by atoms with Crippen LogP contribution in [-0.2, 0) is 26.3 Å². The molecule has 1 atom stereocenters. The Morgan fingerprint density at radius 3 is 2.24 bits per heavy atom. The van der Waals surface area contributed by atoms with Crippen LogP contribution >= 0.6 is 23.2 Å². The van der Waals surface area contributed by atoms with Crippen LogP contribution in [0, 0.1) is 13.8 Å². The van der Waals surface area contributed by atoms with Crippen molar-refractivity contribution in [2.75, 3.05) is 31.5 Å². The molecule has 0 aromatic heterocycles. The fourth-order valence-corrected chi connectivity index (χ4v) is 5.24. The molecule has 0 heterocycles. The highest BCUT2D eigenvalue weighted by Crippen LogP contribution is 2.27. The van der Waals surface area contributed by atoms with Gasteiger partial charge in [-0.25, -0.2) is 4.31 Å². The molecule has 0 radical (unpaired) electrons. The molecule has 0 saturated heterocycles. The van der Waals surface area contributed by atoms with Crippen LogP contribution < -0.4 is 9.62 Å². The Morgan fingerprint density at radius 2 is 1.68 bits per heavy atom. The van der Waals surface area contributed by atoms with Gasteiger partial charge in [-0.05, 0) is 61.6 Å². The van der Waals surface area contributed by atoms with Crippen LogP contribution in [0.5, 0.6) is 0 Å². The van der Waals surface area contributed by atoms with Gasteiger partial charge in [-0.1, -0.05) is 55.2 Å². The largest absolute Gasteiger partial charge is 0.354 e. The molecule has 2 aromatic rings. The van der Waals surface area contributed by atoms with E-state index in [4.69, 9.17) is 23.2 Å². The molecule has 2 aromatic carbocycles. The number of aryl methyl sites for hydroxylation is 2. The van der Waals surface area contributed by atoms with E-state index in [0.717, 1.165) is 20.6 Å². The number of benzene rings is 2. The fourth-order valence-electron chi connectivity index (χ4n) is 3.81. The highest BCUT2D eigenvalue weighted by molar-refractivity contribution is 7.90. The normalized spacial score (nSPS) is 12.4. The standard InChI is InChI=1S/C26H36Cl2N4O4S/c1-7-13-29-26(34)23(8-2)31(16-20-11-12-21(27)22(28)15-20)25(33)17-32(37(35,36)30(5)6)24-14-18(3)9-10-19(24)4/h9-12,14-15,23H,7-8,13,16-17H2,1-6H3,(H,29,34). The zero-order valence-electron chi connectivity index (χ0n) is 22.2. The quantitative estimate of drug-likeness (QED) is 0.405. The summed E-state index contributed by atoms with van der Waals surface area (Å²) in [5.41, 5.74) is 2.62. The predicted molar refractivity (Wildman–Crippen MR) is 150 cm³/mol. The van der Waals surface area contributed by atoms with Crippen molar-refractivity contribution < 1.29 is 18.0 Å². The maximum atomic E-state index is 13.9. The van der Waals surface area contributed by atoms with Crippen LogP contribution in [-0.4, -0.2) is 62.7 Å². The second-order valence-electron chi connectivity index (χ2n) is 9.07. The maximum Gasteiger partial charge on any atom is 0.304 e. The minimum atomic E-state index is -4.03. The van der Waals surface area contributed by atoms with Gasteiger partial charge < -0.3 is 10.2 Å². The summed E-state index contributed by atoms with van der Waals surface area (Å²) in [6.07, 6.45) is 1.08. The molecule has 2 amide bonds. The lowest BCUT2D eigenvalue weighted by molar-refractivity contribution is -0.140. The Labute approximate surface area is 230 Å². The molecule has 11 heteroatoms. The van der Waals surface area contributed by atoms with Crippen molar-refractivity contribution in [2.45, 2.75) is 53.1 Å². The molecule has 37 heavy (non-hydrogen) atoms. The third-order valence-electron chi connectivity index (χ3n) is 5.92. The number of nitrogens with one attached hydrogen (secondary N) is 1. The van der Waals surface area contributed by atoms with Crippen LogP contribution in [0.15, 0.2) is 36.4 Å². The zero-order valence-corrected chi connectivity index (χ0v) is 24.5. The van der Waals surface area contributed by atoms with E-state index < -0.39 is 28.7 Å². The van der Waals surface area contributed by atoms with Crippen LogP contribution in [0.4, 0.5) is 5.69 Å². The number of rotatable bonds is 12. The summed E-state index contributed by atoms with van der Waals surface area (Å²) < 4.78 is 28.9. The summed E-state index contributed by atoms with van der Waals surface area (Å²) in [7, 11) is -1.20. The average Bonchev–Trinajstić information content (AvgIpc) is 2.84. The lowest BCUT2D eigenvalue weighted by Crippen LogP contribution is -2.53. The molecular formula is C26H36Cl2N4O4S. The second-order valence-corrected chi connectivity index (χ2v) is 12.0. The summed E-state index contributed by atoms with van der Waals surface area (Å²) >= 11 is 12.3. The smallest absolute Gasteiger partial charge is 0.304 e. The highest BCUT2D eigenvalue weighted by atomic mass is 35.5. The van der Waals surface area contributed by atoms with Crippen molar-refractivity contribution >= 4 is 50.9 Å². The number of amides is 2. The van der Waals surface area contributed by atoms with Gasteiger partial charge in [-0.3, -0.25) is 9.59 Å². The van der Waals surface area contributed by atoms with Crippen molar-refractivity contribution in [1.29, 1.82) is 0 Å². The van der Waals surface area contributed by atoms with Gasteiger partial charge >= 0.3 is 10.2 Å². The summed E-state index contributed by atoms with van der Waals surface area (Å²) in [4.78, 5) is 28.4. The van der Waals surface area contributed by atoms with Gasteiger partial charge in [0.05, 0.1) is 15.7 Å². The van der Waals surface area contributed by atoms with Crippen LogP contribution in [0.3, 0.4) is 0 Å². The van der Waals surface area contributed by atoms with Crippen molar-refractivity contribution in [1.82, 2.24) is 14.5 Å². The Balaban J connectivity index is 2.56. The highest BCUT2D eigenvalue weighted by Gasteiger charge is 2.34. The summed E-state index contributed by atoms with van der Waals surface area (Å²) in [6, 6.07) is 9.61. The third kappa shape index (κ3) is 7.83. The van der Waals surface area contributed by atoms with Gasteiger partial charge in [0.2, 0.25) is 11.8 Å². The molecular weight excluding hydrogens is 535 g/mol. The number of carbonyl (C=O) groups is 2. The first-order valence-electron chi connectivity index (χ1n) is 12.1. The minimum absolute atomic E-state index is 0.0520. The molecule has 1 N–H and O–H groups in total. The van der Waals surface area contributed by atoms with Gasteiger partial charge in [-0.15, -0.1) is 0 Å². The van der Waals surface area contributed by atoms with E-state index in [0.29, 0.717) is 39.8 Å². The minimum Gasteiger partial charge on any atom is -0.354 e. The number of hydrogen-bond acceptors (Lipinski definition) is 4. The predicted octanol–water partition coefficient (Wildman–Crippen LogP) is 4.56. The summed E-state index contributed by atoms with van der Waals surface area (Å²) in [5.74, 6) is -0.817. The van der Waals surface area contributed by atoms with Gasteiger partial charge in [-0.2, -0.15) is 12.7 Å². The lowest BCUT2D eigenvalue weighted by Gasteiger charge is -2.34. The Kier molecular flexibility index (Phi) is 11.2. The first-order valence-corrected chi connectivity index (χ1v) is 14.3. The molecule has 204 valence electrons.